The molecule has 0 aromatic rings. The molecule has 0 unspecified atom stereocenters. The van der Waals surface area contributed by atoms with Crippen LogP contribution in [0.4, 0.5) is 0 Å². The van der Waals surface area contributed by atoms with E-state index in [2.05, 4.69) is 70.8 Å². The van der Waals surface area contributed by atoms with E-state index in [1.807, 2.05) is 0 Å². The first-order chi connectivity index (χ1) is 11.3. The summed E-state index contributed by atoms with van der Waals surface area (Å²) in [7, 11) is -1.58. The summed E-state index contributed by atoms with van der Waals surface area (Å²) in [5, 5.41) is 0.299. The molecule has 0 bridgehead atoms. The van der Waals surface area contributed by atoms with E-state index in [4.69, 9.17) is 4.43 Å². The highest BCUT2D eigenvalue weighted by Crippen LogP contribution is 2.36. The van der Waals surface area contributed by atoms with Gasteiger partial charge >= 0.3 is 0 Å². The van der Waals surface area contributed by atoms with Gasteiger partial charge in [-0.2, -0.15) is 0 Å². The third kappa shape index (κ3) is 12.8. The van der Waals surface area contributed by atoms with Gasteiger partial charge in [-0.3, -0.25) is 0 Å². The minimum atomic E-state index is -1.58. The molecule has 0 saturated heterocycles. The molecule has 0 rings (SSSR count). The standard InChI is InChI=1S/C22H42OSi/c1-7-8-9-10-11-12-13-14-15-16-17-18-19-20-21-23-24(5,6)22(2,3)4/h14-15,17,19H,7-13,16,20-21H2,1-6H3/b15-14-. The van der Waals surface area contributed by atoms with Crippen LogP contribution in [0.5, 0.6) is 0 Å². The first-order valence-corrected chi connectivity index (χ1v) is 12.9. The van der Waals surface area contributed by atoms with Crippen LogP contribution in [0.3, 0.4) is 0 Å². The molecule has 0 spiro atoms. The maximum absolute atomic E-state index is 6.14. The van der Waals surface area contributed by atoms with Crippen LogP contribution < -0.4 is 0 Å². The van der Waals surface area contributed by atoms with E-state index in [0.29, 0.717) is 5.04 Å². The molecule has 0 radical (unpaired) electrons. The van der Waals surface area contributed by atoms with Crippen LogP contribution in [-0.2, 0) is 4.43 Å². The summed E-state index contributed by atoms with van der Waals surface area (Å²) in [6, 6.07) is 0. The van der Waals surface area contributed by atoms with Gasteiger partial charge in [0, 0.05) is 6.61 Å². The SMILES string of the molecule is CCCCCCCC/C=C\CC=C=CCCO[Si](C)(C)C(C)(C)C. The van der Waals surface area contributed by atoms with Gasteiger partial charge in [-0.15, -0.1) is 5.73 Å². The van der Waals surface area contributed by atoms with E-state index in [-0.39, 0.29) is 0 Å². The molecule has 0 N–H and O–H groups in total. The zero-order valence-electron chi connectivity index (χ0n) is 17.3. The van der Waals surface area contributed by atoms with Crippen molar-refractivity contribution in [3.63, 3.8) is 0 Å². The predicted molar refractivity (Wildman–Crippen MR) is 112 cm³/mol. The zero-order valence-corrected chi connectivity index (χ0v) is 18.3. The van der Waals surface area contributed by atoms with Crippen molar-refractivity contribution >= 4 is 8.32 Å². The maximum Gasteiger partial charge on any atom is 0.191 e. The normalized spacial score (nSPS) is 12.4. The highest BCUT2D eigenvalue weighted by molar-refractivity contribution is 6.74. The quantitative estimate of drug-likeness (QED) is 0.142. The summed E-state index contributed by atoms with van der Waals surface area (Å²) in [5.41, 5.74) is 3.27. The Kier molecular flexibility index (Phi) is 13.4. The van der Waals surface area contributed by atoms with Crippen LogP contribution >= 0.6 is 0 Å². The van der Waals surface area contributed by atoms with Crippen molar-refractivity contribution in [2.24, 2.45) is 0 Å². The summed E-state index contributed by atoms with van der Waals surface area (Å²) in [6.45, 7) is 14.6. The lowest BCUT2D eigenvalue weighted by Crippen LogP contribution is -2.40. The second kappa shape index (κ2) is 13.7. The van der Waals surface area contributed by atoms with Crippen molar-refractivity contribution in [1.29, 1.82) is 0 Å². The Balaban J connectivity index is 3.63. The number of hydrogen-bond donors (Lipinski definition) is 0. The Bertz CT molecular complexity index is 381. The third-order valence-corrected chi connectivity index (χ3v) is 9.45. The van der Waals surface area contributed by atoms with Gasteiger partial charge in [0.2, 0.25) is 0 Å². The molecule has 0 aliphatic heterocycles. The molecule has 1 nitrogen and oxygen atoms in total. The van der Waals surface area contributed by atoms with Crippen molar-refractivity contribution in [3.05, 3.63) is 30.0 Å². The fraction of sp³-hybridized carbons (Fsp3) is 0.773. The molecule has 0 aliphatic carbocycles. The van der Waals surface area contributed by atoms with Gasteiger partial charge in [0.1, 0.15) is 0 Å². The largest absolute Gasteiger partial charge is 0.416 e. The summed E-state index contributed by atoms with van der Waals surface area (Å²) >= 11 is 0. The fourth-order valence-electron chi connectivity index (χ4n) is 2.15. The van der Waals surface area contributed by atoms with Gasteiger partial charge in [0.15, 0.2) is 8.32 Å². The smallest absolute Gasteiger partial charge is 0.191 e. The Hall–Kier alpha value is -0.563. The number of allylic oxidation sites excluding steroid dienone is 2. The molecule has 2 heteroatoms. The molecule has 0 aromatic heterocycles. The van der Waals surface area contributed by atoms with Crippen molar-refractivity contribution in [2.45, 2.75) is 104 Å². The van der Waals surface area contributed by atoms with Crippen LogP contribution in [0.2, 0.25) is 18.1 Å². The average molecular weight is 351 g/mol. The second-order valence-electron chi connectivity index (χ2n) is 8.24. The van der Waals surface area contributed by atoms with E-state index in [0.717, 1.165) is 19.4 Å². The third-order valence-electron chi connectivity index (χ3n) is 4.91. The van der Waals surface area contributed by atoms with Gasteiger partial charge in [-0.1, -0.05) is 72.0 Å². The molecule has 0 aromatic carbocycles. The van der Waals surface area contributed by atoms with Crippen molar-refractivity contribution in [2.75, 3.05) is 6.61 Å². The van der Waals surface area contributed by atoms with E-state index in [1.54, 1.807) is 0 Å². The Morgan fingerprint density at radius 2 is 1.54 bits per heavy atom. The molecule has 0 aliphatic rings. The average Bonchev–Trinajstić information content (AvgIpc) is 2.50. The molecule has 140 valence electrons. The van der Waals surface area contributed by atoms with Crippen LogP contribution in [-0.4, -0.2) is 14.9 Å². The topological polar surface area (TPSA) is 9.23 Å². The highest BCUT2D eigenvalue weighted by Gasteiger charge is 2.36. The number of rotatable bonds is 13. The van der Waals surface area contributed by atoms with Gasteiger partial charge < -0.3 is 4.43 Å². The van der Waals surface area contributed by atoms with Gasteiger partial charge in [0.25, 0.3) is 0 Å². The summed E-state index contributed by atoms with van der Waals surface area (Å²) in [6.07, 6.45) is 20.3. The number of hydrogen-bond acceptors (Lipinski definition) is 1. The zero-order chi connectivity index (χ0) is 18.3. The van der Waals surface area contributed by atoms with Gasteiger partial charge in [-0.05, 0) is 56.0 Å². The Labute approximate surface area is 153 Å². The Morgan fingerprint density at radius 1 is 0.875 bits per heavy atom. The molecule has 0 amide bonds. The van der Waals surface area contributed by atoms with E-state index >= 15 is 0 Å². The minimum Gasteiger partial charge on any atom is -0.416 e. The highest BCUT2D eigenvalue weighted by atomic mass is 28.4. The van der Waals surface area contributed by atoms with Crippen LogP contribution in [0.15, 0.2) is 30.0 Å². The van der Waals surface area contributed by atoms with Crippen molar-refractivity contribution < 1.29 is 4.43 Å². The lowest BCUT2D eigenvalue weighted by molar-refractivity contribution is 0.294. The van der Waals surface area contributed by atoms with Crippen LogP contribution in [0.25, 0.3) is 0 Å². The fourth-order valence-corrected chi connectivity index (χ4v) is 3.21. The minimum absolute atomic E-state index is 0.299. The van der Waals surface area contributed by atoms with E-state index in [1.165, 1.54) is 44.9 Å². The number of unbranched alkanes of at least 4 members (excludes halogenated alkanes) is 6. The summed E-state index contributed by atoms with van der Waals surface area (Å²) in [4.78, 5) is 0. The van der Waals surface area contributed by atoms with E-state index < -0.39 is 8.32 Å². The summed E-state index contributed by atoms with van der Waals surface area (Å²) < 4.78 is 6.14. The van der Waals surface area contributed by atoms with Gasteiger partial charge in [0.05, 0.1) is 0 Å². The Morgan fingerprint density at radius 3 is 2.21 bits per heavy atom. The molecular formula is C22H42OSi. The molecule has 0 heterocycles. The first-order valence-electron chi connectivity index (χ1n) is 9.99. The lowest BCUT2D eigenvalue weighted by atomic mass is 10.1. The van der Waals surface area contributed by atoms with Crippen molar-refractivity contribution in [3.8, 4) is 0 Å². The lowest BCUT2D eigenvalue weighted by Gasteiger charge is -2.36. The van der Waals surface area contributed by atoms with E-state index in [9.17, 15) is 0 Å². The molecular weight excluding hydrogens is 308 g/mol. The maximum atomic E-state index is 6.14. The van der Waals surface area contributed by atoms with Crippen LogP contribution in [0, 0.1) is 0 Å². The second-order valence-corrected chi connectivity index (χ2v) is 13.0. The monoisotopic (exact) mass is 350 g/mol. The molecule has 0 fully saturated rings. The molecule has 0 atom stereocenters. The predicted octanol–water partition coefficient (Wildman–Crippen LogP) is 7.81. The van der Waals surface area contributed by atoms with Crippen LogP contribution in [0.1, 0.15) is 85.5 Å². The molecule has 24 heavy (non-hydrogen) atoms. The van der Waals surface area contributed by atoms with Crippen molar-refractivity contribution in [1.82, 2.24) is 0 Å². The van der Waals surface area contributed by atoms with Gasteiger partial charge in [-0.25, -0.2) is 0 Å². The molecule has 0 saturated carbocycles. The summed E-state index contributed by atoms with van der Waals surface area (Å²) in [5.74, 6) is 0. The first kappa shape index (κ1) is 23.4.